The maximum atomic E-state index is 12.6. The Morgan fingerprint density at radius 1 is 1.04 bits per heavy atom. The number of hydrogen-bond acceptors (Lipinski definition) is 4. The Hall–Kier alpha value is -2.66. The van der Waals surface area contributed by atoms with Crippen molar-refractivity contribution < 1.29 is 14.3 Å². The number of amides is 2. The van der Waals surface area contributed by atoms with Gasteiger partial charge in [-0.15, -0.1) is 0 Å². The number of methoxy groups -OCH3 is 1. The predicted molar refractivity (Wildman–Crippen MR) is 101 cm³/mol. The van der Waals surface area contributed by atoms with Gasteiger partial charge < -0.3 is 10.1 Å². The predicted octanol–water partition coefficient (Wildman–Crippen LogP) is 2.72. The van der Waals surface area contributed by atoms with E-state index in [4.69, 9.17) is 4.74 Å². The molecule has 5 nitrogen and oxygen atoms in total. The van der Waals surface area contributed by atoms with Crippen molar-refractivity contribution in [2.75, 3.05) is 18.6 Å². The fourth-order valence-electron chi connectivity index (χ4n) is 3.13. The summed E-state index contributed by atoms with van der Waals surface area (Å²) in [4.78, 5) is 26.2. The van der Waals surface area contributed by atoms with Crippen LogP contribution in [0.2, 0.25) is 0 Å². The van der Waals surface area contributed by atoms with Crippen molar-refractivity contribution in [3.8, 4) is 5.75 Å². The van der Waals surface area contributed by atoms with Gasteiger partial charge in [-0.2, -0.15) is 0 Å². The van der Waals surface area contributed by atoms with Crippen LogP contribution in [0.15, 0.2) is 48.5 Å². The highest BCUT2D eigenvalue weighted by Crippen LogP contribution is 2.23. The maximum Gasteiger partial charge on any atom is 0.251 e. The highest BCUT2D eigenvalue weighted by Gasteiger charge is 2.39. The average Bonchev–Trinajstić information content (AvgIpc) is 2.96. The lowest BCUT2D eigenvalue weighted by molar-refractivity contribution is -0.121. The molecule has 0 saturated carbocycles. The van der Waals surface area contributed by atoms with E-state index < -0.39 is 6.04 Å². The highest BCUT2D eigenvalue weighted by molar-refractivity contribution is 6.22. The van der Waals surface area contributed by atoms with E-state index in [-0.39, 0.29) is 18.2 Å². The molecule has 0 radical (unpaired) electrons. The van der Waals surface area contributed by atoms with Gasteiger partial charge in [0.15, 0.2) is 0 Å². The van der Waals surface area contributed by atoms with E-state index in [1.54, 1.807) is 7.11 Å². The number of nitrogens with zero attached hydrogens (tertiary/aromatic N) is 1. The average molecular weight is 352 g/mol. The summed E-state index contributed by atoms with van der Waals surface area (Å²) in [6.07, 6.45) is 1.92. The number of hydrogen-bond donors (Lipinski definition) is 1. The van der Waals surface area contributed by atoms with E-state index in [2.05, 4.69) is 12.2 Å². The van der Waals surface area contributed by atoms with Crippen LogP contribution in [0.5, 0.6) is 5.75 Å². The summed E-state index contributed by atoms with van der Waals surface area (Å²) in [6.45, 7) is 2.71. The third-order valence-corrected chi connectivity index (χ3v) is 4.71. The normalized spacial score (nSPS) is 17.0. The first-order valence-corrected chi connectivity index (χ1v) is 8.94. The number of rotatable bonds is 7. The standard InChI is InChI=1S/C21H24N2O3/c1-3-15-4-8-17(9-5-15)23-20(24)14-19(21(23)25)22-13-12-16-6-10-18(26-2)11-7-16/h4-11,19,22H,3,12-14H2,1-2H3. The minimum absolute atomic E-state index is 0.152. The molecule has 1 unspecified atom stereocenters. The molecule has 1 saturated heterocycles. The number of carbonyl (C=O) groups excluding carboxylic acids is 2. The second kappa shape index (κ2) is 8.15. The molecule has 1 aliphatic rings. The zero-order valence-electron chi connectivity index (χ0n) is 15.2. The topological polar surface area (TPSA) is 58.6 Å². The van der Waals surface area contributed by atoms with Crippen LogP contribution in [0.25, 0.3) is 0 Å². The Balaban J connectivity index is 1.57. The molecule has 1 atom stereocenters. The minimum atomic E-state index is -0.452. The molecule has 0 spiro atoms. The molecule has 1 N–H and O–H groups in total. The molecule has 2 amide bonds. The quantitative estimate of drug-likeness (QED) is 0.779. The molecule has 0 aliphatic carbocycles. The van der Waals surface area contributed by atoms with E-state index in [9.17, 15) is 9.59 Å². The van der Waals surface area contributed by atoms with Gasteiger partial charge in [-0.25, -0.2) is 4.90 Å². The summed E-state index contributed by atoms with van der Waals surface area (Å²) >= 11 is 0. The Morgan fingerprint density at radius 3 is 2.31 bits per heavy atom. The van der Waals surface area contributed by atoms with Gasteiger partial charge in [-0.05, 0) is 54.8 Å². The summed E-state index contributed by atoms with van der Waals surface area (Å²) in [7, 11) is 1.64. The number of anilines is 1. The maximum absolute atomic E-state index is 12.6. The third-order valence-electron chi connectivity index (χ3n) is 4.71. The molecule has 5 heteroatoms. The van der Waals surface area contributed by atoms with Crippen molar-refractivity contribution in [2.24, 2.45) is 0 Å². The van der Waals surface area contributed by atoms with Gasteiger partial charge in [0.25, 0.3) is 5.91 Å². The molecular weight excluding hydrogens is 328 g/mol. The van der Waals surface area contributed by atoms with Crippen LogP contribution in [0.1, 0.15) is 24.5 Å². The number of aryl methyl sites for hydroxylation is 1. The smallest absolute Gasteiger partial charge is 0.251 e. The molecule has 26 heavy (non-hydrogen) atoms. The summed E-state index contributed by atoms with van der Waals surface area (Å²) in [6, 6.07) is 15.0. The first kappa shape index (κ1) is 18.1. The van der Waals surface area contributed by atoms with Crippen molar-refractivity contribution >= 4 is 17.5 Å². The van der Waals surface area contributed by atoms with Crippen LogP contribution in [0.4, 0.5) is 5.69 Å². The molecule has 1 fully saturated rings. The van der Waals surface area contributed by atoms with E-state index in [0.29, 0.717) is 12.2 Å². The van der Waals surface area contributed by atoms with Crippen LogP contribution in [-0.4, -0.2) is 31.5 Å². The first-order valence-electron chi connectivity index (χ1n) is 8.94. The molecule has 136 valence electrons. The third kappa shape index (κ3) is 3.94. The SMILES string of the molecule is CCc1ccc(N2C(=O)CC(NCCc3ccc(OC)cc3)C2=O)cc1. The van der Waals surface area contributed by atoms with Crippen LogP contribution < -0.4 is 15.0 Å². The summed E-state index contributed by atoms with van der Waals surface area (Å²) in [5.41, 5.74) is 2.99. The van der Waals surface area contributed by atoms with Gasteiger partial charge in [0, 0.05) is 0 Å². The molecule has 2 aromatic rings. The molecule has 0 aromatic heterocycles. The van der Waals surface area contributed by atoms with Crippen LogP contribution in [0.3, 0.4) is 0 Å². The highest BCUT2D eigenvalue weighted by atomic mass is 16.5. The summed E-state index contributed by atoms with van der Waals surface area (Å²) in [5.74, 6) is 0.498. The molecule has 1 heterocycles. The largest absolute Gasteiger partial charge is 0.497 e. The van der Waals surface area contributed by atoms with Gasteiger partial charge in [0.05, 0.1) is 25.3 Å². The molecular formula is C21H24N2O3. The van der Waals surface area contributed by atoms with E-state index in [1.807, 2.05) is 48.5 Å². The monoisotopic (exact) mass is 352 g/mol. The lowest BCUT2D eigenvalue weighted by atomic mass is 10.1. The summed E-state index contributed by atoms with van der Waals surface area (Å²) < 4.78 is 5.15. The zero-order chi connectivity index (χ0) is 18.5. The second-order valence-corrected chi connectivity index (χ2v) is 6.40. The Bertz CT molecular complexity index is 769. The number of benzene rings is 2. The van der Waals surface area contributed by atoms with Gasteiger partial charge in [-0.3, -0.25) is 9.59 Å². The number of nitrogens with one attached hydrogen (secondary N) is 1. The lowest BCUT2D eigenvalue weighted by Gasteiger charge is -2.16. The Kier molecular flexibility index (Phi) is 5.68. The van der Waals surface area contributed by atoms with E-state index >= 15 is 0 Å². The van der Waals surface area contributed by atoms with Gasteiger partial charge in [-0.1, -0.05) is 31.2 Å². The van der Waals surface area contributed by atoms with Gasteiger partial charge in [0.1, 0.15) is 5.75 Å². The zero-order valence-corrected chi connectivity index (χ0v) is 15.2. The second-order valence-electron chi connectivity index (χ2n) is 6.40. The molecule has 1 aliphatic heterocycles. The van der Waals surface area contributed by atoms with Crippen LogP contribution >= 0.6 is 0 Å². The first-order chi connectivity index (χ1) is 12.6. The Morgan fingerprint density at radius 2 is 1.69 bits per heavy atom. The van der Waals surface area contributed by atoms with E-state index in [0.717, 1.165) is 24.2 Å². The van der Waals surface area contributed by atoms with Crippen molar-refractivity contribution in [3.63, 3.8) is 0 Å². The summed E-state index contributed by atoms with van der Waals surface area (Å²) in [5, 5.41) is 3.22. The van der Waals surface area contributed by atoms with Crippen LogP contribution in [0, 0.1) is 0 Å². The molecule has 2 aromatic carbocycles. The van der Waals surface area contributed by atoms with Crippen molar-refractivity contribution in [1.82, 2.24) is 5.32 Å². The molecule has 3 rings (SSSR count). The number of ether oxygens (including phenoxy) is 1. The number of carbonyl (C=O) groups is 2. The number of imide groups is 1. The fourth-order valence-corrected chi connectivity index (χ4v) is 3.13. The Labute approximate surface area is 154 Å². The van der Waals surface area contributed by atoms with Crippen LogP contribution in [-0.2, 0) is 22.4 Å². The van der Waals surface area contributed by atoms with Gasteiger partial charge >= 0.3 is 0 Å². The van der Waals surface area contributed by atoms with Crippen molar-refractivity contribution in [3.05, 3.63) is 59.7 Å². The van der Waals surface area contributed by atoms with Crippen molar-refractivity contribution in [2.45, 2.75) is 32.2 Å². The molecule has 0 bridgehead atoms. The van der Waals surface area contributed by atoms with E-state index in [1.165, 1.54) is 10.5 Å². The van der Waals surface area contributed by atoms with Crippen molar-refractivity contribution in [1.29, 1.82) is 0 Å². The lowest BCUT2D eigenvalue weighted by Crippen LogP contribution is -2.39. The van der Waals surface area contributed by atoms with Gasteiger partial charge in [0.2, 0.25) is 5.91 Å². The minimum Gasteiger partial charge on any atom is -0.497 e. The fraction of sp³-hybridized carbons (Fsp3) is 0.333.